The summed E-state index contributed by atoms with van der Waals surface area (Å²) in [7, 11) is 0. The monoisotopic (exact) mass is 297 g/mol. The van der Waals surface area contributed by atoms with Gasteiger partial charge >= 0.3 is 0 Å². The summed E-state index contributed by atoms with van der Waals surface area (Å²) in [5.74, 6) is 0.841. The molecule has 1 nitrogen and oxygen atoms in total. The molecule has 0 saturated heterocycles. The van der Waals surface area contributed by atoms with Gasteiger partial charge in [-0.05, 0) is 49.1 Å². The average molecular weight is 298 g/mol. The number of hydrogen-bond donors (Lipinski definition) is 1. The second-order valence-corrected chi connectivity index (χ2v) is 6.39. The molecule has 0 bridgehead atoms. The predicted octanol–water partition coefficient (Wildman–Crippen LogP) is 3.87. The highest BCUT2D eigenvalue weighted by Crippen LogP contribution is 2.60. The van der Waals surface area contributed by atoms with E-state index in [1.807, 2.05) is 12.1 Å². The first-order valence-electron chi connectivity index (χ1n) is 6.34. The zero-order chi connectivity index (χ0) is 11.9. The molecule has 0 heterocycles. The van der Waals surface area contributed by atoms with Crippen molar-refractivity contribution in [3.63, 3.8) is 0 Å². The fourth-order valence-electron chi connectivity index (χ4n) is 2.70. The van der Waals surface area contributed by atoms with Gasteiger partial charge in [-0.2, -0.15) is 0 Å². The number of benzene rings is 1. The van der Waals surface area contributed by atoms with Gasteiger partial charge in [-0.1, -0.05) is 22.0 Å². The number of halogens is 2. The molecule has 1 aromatic carbocycles. The van der Waals surface area contributed by atoms with Crippen LogP contribution >= 0.6 is 15.9 Å². The van der Waals surface area contributed by atoms with Gasteiger partial charge in [0.1, 0.15) is 5.82 Å². The number of nitrogens with one attached hydrogen (secondary N) is 1. The minimum Gasteiger partial charge on any atom is -0.312 e. The minimum absolute atomic E-state index is 0.122. The van der Waals surface area contributed by atoms with Crippen molar-refractivity contribution in [1.82, 2.24) is 5.32 Å². The lowest BCUT2D eigenvalue weighted by atomic mass is 10.0. The van der Waals surface area contributed by atoms with Crippen LogP contribution in [0.2, 0.25) is 0 Å². The number of rotatable bonds is 5. The third-order valence-corrected chi connectivity index (χ3v) is 4.64. The fraction of sp³-hybridized carbons (Fsp3) is 0.571. The van der Waals surface area contributed by atoms with E-state index in [0.717, 1.165) is 22.5 Å². The van der Waals surface area contributed by atoms with Gasteiger partial charge in [0.25, 0.3) is 0 Å². The Kier molecular flexibility index (Phi) is 2.99. The van der Waals surface area contributed by atoms with Crippen LogP contribution in [0.3, 0.4) is 0 Å². The molecule has 2 saturated carbocycles. The molecule has 3 rings (SSSR count). The molecular formula is C14H17BrFN. The summed E-state index contributed by atoms with van der Waals surface area (Å²) in [4.78, 5) is 0. The molecule has 2 fully saturated rings. The lowest BCUT2D eigenvalue weighted by molar-refractivity contribution is 0.401. The zero-order valence-electron chi connectivity index (χ0n) is 9.81. The summed E-state index contributed by atoms with van der Waals surface area (Å²) in [6.45, 7) is 1.71. The van der Waals surface area contributed by atoms with Gasteiger partial charge in [-0.15, -0.1) is 0 Å². The van der Waals surface area contributed by atoms with Crippen LogP contribution in [0.5, 0.6) is 0 Å². The molecular weight excluding hydrogens is 281 g/mol. The van der Waals surface area contributed by atoms with E-state index in [9.17, 15) is 4.39 Å². The third kappa shape index (κ3) is 2.55. The lowest BCUT2D eigenvalue weighted by Crippen LogP contribution is -2.25. The van der Waals surface area contributed by atoms with E-state index in [2.05, 4.69) is 21.2 Å². The van der Waals surface area contributed by atoms with Gasteiger partial charge in [0.15, 0.2) is 0 Å². The molecule has 1 aromatic rings. The smallest absolute Gasteiger partial charge is 0.128 e. The van der Waals surface area contributed by atoms with Gasteiger partial charge in [0, 0.05) is 23.1 Å². The lowest BCUT2D eigenvalue weighted by Gasteiger charge is -2.15. The quantitative estimate of drug-likeness (QED) is 0.870. The second-order valence-electron chi connectivity index (χ2n) is 5.48. The third-order valence-electron chi connectivity index (χ3n) is 4.14. The van der Waals surface area contributed by atoms with Crippen molar-refractivity contribution in [2.45, 2.75) is 32.2 Å². The Balaban J connectivity index is 1.53. The zero-order valence-corrected chi connectivity index (χ0v) is 11.4. The van der Waals surface area contributed by atoms with Crippen LogP contribution in [0.1, 0.15) is 31.2 Å². The van der Waals surface area contributed by atoms with Crippen LogP contribution < -0.4 is 5.32 Å². The maximum atomic E-state index is 13.6. The Bertz CT molecular complexity index is 424. The van der Waals surface area contributed by atoms with E-state index in [0.29, 0.717) is 12.0 Å². The molecule has 0 atom stereocenters. The normalized spacial score (nSPS) is 21.5. The Hall–Kier alpha value is -0.410. The van der Waals surface area contributed by atoms with Crippen LogP contribution in [0.25, 0.3) is 0 Å². The predicted molar refractivity (Wildman–Crippen MR) is 70.2 cm³/mol. The summed E-state index contributed by atoms with van der Waals surface area (Å²) in [5, 5.41) is 3.43. The molecule has 92 valence electrons. The van der Waals surface area contributed by atoms with Gasteiger partial charge in [0.05, 0.1) is 0 Å². The molecule has 1 N–H and O–H groups in total. The first kappa shape index (κ1) is 11.7. The van der Waals surface area contributed by atoms with Gasteiger partial charge < -0.3 is 5.32 Å². The van der Waals surface area contributed by atoms with Crippen molar-refractivity contribution in [3.05, 3.63) is 34.1 Å². The van der Waals surface area contributed by atoms with Crippen molar-refractivity contribution >= 4 is 15.9 Å². The summed E-state index contributed by atoms with van der Waals surface area (Å²) >= 11 is 3.27. The molecule has 0 radical (unpaired) electrons. The standard InChI is InChI=1S/C14H17BrFN/c15-12-4-1-10(13(16)7-12)8-17-9-14(5-6-14)11-2-3-11/h1,4,7,11,17H,2-3,5-6,8-9H2. The first-order valence-corrected chi connectivity index (χ1v) is 7.14. The molecule has 0 aliphatic heterocycles. The SMILES string of the molecule is Fc1cc(Br)ccc1CNCC1(C2CC2)CC1. The second kappa shape index (κ2) is 4.36. The van der Waals surface area contributed by atoms with E-state index >= 15 is 0 Å². The molecule has 0 amide bonds. The van der Waals surface area contributed by atoms with Crippen molar-refractivity contribution in [2.24, 2.45) is 11.3 Å². The highest BCUT2D eigenvalue weighted by Gasteiger charge is 2.53. The molecule has 3 heteroatoms. The molecule has 17 heavy (non-hydrogen) atoms. The van der Waals surface area contributed by atoms with Gasteiger partial charge in [0.2, 0.25) is 0 Å². The van der Waals surface area contributed by atoms with Gasteiger partial charge in [-0.25, -0.2) is 4.39 Å². The van der Waals surface area contributed by atoms with Crippen LogP contribution in [0, 0.1) is 17.2 Å². The molecule has 0 aromatic heterocycles. The topological polar surface area (TPSA) is 12.0 Å². The highest BCUT2D eigenvalue weighted by molar-refractivity contribution is 9.10. The Morgan fingerprint density at radius 2 is 2.12 bits per heavy atom. The maximum Gasteiger partial charge on any atom is 0.128 e. The summed E-state index contributed by atoms with van der Waals surface area (Å²) in [5.41, 5.74) is 1.35. The Morgan fingerprint density at radius 3 is 2.71 bits per heavy atom. The molecule has 0 spiro atoms. The van der Waals surface area contributed by atoms with Crippen LogP contribution in [0.4, 0.5) is 4.39 Å². The van der Waals surface area contributed by atoms with E-state index < -0.39 is 0 Å². The molecule has 0 unspecified atom stereocenters. The van der Waals surface area contributed by atoms with Crippen molar-refractivity contribution in [2.75, 3.05) is 6.54 Å². The molecule has 2 aliphatic carbocycles. The van der Waals surface area contributed by atoms with E-state index in [1.165, 1.54) is 31.7 Å². The van der Waals surface area contributed by atoms with Gasteiger partial charge in [-0.3, -0.25) is 0 Å². The minimum atomic E-state index is -0.122. The average Bonchev–Trinajstić information content (AvgIpc) is 3.14. The summed E-state index contributed by atoms with van der Waals surface area (Å²) < 4.78 is 14.4. The van der Waals surface area contributed by atoms with Crippen LogP contribution in [-0.2, 0) is 6.54 Å². The van der Waals surface area contributed by atoms with Crippen molar-refractivity contribution < 1.29 is 4.39 Å². The Morgan fingerprint density at radius 1 is 1.35 bits per heavy atom. The molecule has 2 aliphatic rings. The van der Waals surface area contributed by atoms with Crippen molar-refractivity contribution in [3.8, 4) is 0 Å². The van der Waals surface area contributed by atoms with E-state index in [4.69, 9.17) is 0 Å². The van der Waals surface area contributed by atoms with Crippen molar-refractivity contribution in [1.29, 1.82) is 0 Å². The van der Waals surface area contributed by atoms with E-state index in [-0.39, 0.29) is 5.82 Å². The fourth-order valence-corrected chi connectivity index (χ4v) is 3.03. The van der Waals surface area contributed by atoms with Crippen LogP contribution in [-0.4, -0.2) is 6.54 Å². The largest absolute Gasteiger partial charge is 0.312 e. The number of hydrogen-bond acceptors (Lipinski definition) is 1. The summed E-state index contributed by atoms with van der Waals surface area (Å²) in [6, 6.07) is 5.28. The Labute approximate surface area is 110 Å². The highest BCUT2D eigenvalue weighted by atomic mass is 79.9. The maximum absolute atomic E-state index is 13.6. The first-order chi connectivity index (χ1) is 8.20. The van der Waals surface area contributed by atoms with E-state index in [1.54, 1.807) is 0 Å². The summed E-state index contributed by atoms with van der Waals surface area (Å²) in [6.07, 6.45) is 5.56. The van der Waals surface area contributed by atoms with Crippen LogP contribution in [0.15, 0.2) is 22.7 Å².